The van der Waals surface area contributed by atoms with E-state index in [2.05, 4.69) is 9.82 Å². The Balaban J connectivity index is 1.86. The summed E-state index contributed by atoms with van der Waals surface area (Å²) in [6.45, 7) is 0.785. The van der Waals surface area contributed by atoms with Crippen LogP contribution in [0.3, 0.4) is 0 Å². The molecule has 0 atom stereocenters. The van der Waals surface area contributed by atoms with E-state index >= 15 is 0 Å². The van der Waals surface area contributed by atoms with E-state index in [-0.39, 0.29) is 18.0 Å². The van der Waals surface area contributed by atoms with Crippen molar-refractivity contribution in [3.05, 3.63) is 47.8 Å². The van der Waals surface area contributed by atoms with Gasteiger partial charge in [-0.15, -0.1) is 0 Å². The first-order chi connectivity index (χ1) is 10.8. The van der Waals surface area contributed by atoms with Crippen molar-refractivity contribution in [1.29, 1.82) is 0 Å². The number of hydrogen-bond donors (Lipinski definition) is 1. The Bertz CT molecular complexity index is 777. The summed E-state index contributed by atoms with van der Waals surface area (Å²) < 4.78 is 54.2. The van der Waals surface area contributed by atoms with E-state index in [1.807, 2.05) is 0 Å². The maximum Gasteiger partial charge on any atom is 0.243 e. The fraction of sp³-hybridized carbons (Fsp3) is 0.357. The lowest BCUT2D eigenvalue weighted by molar-refractivity contribution is 0.325. The average Bonchev–Trinajstić information content (AvgIpc) is 2.89. The number of aryl methyl sites for hydroxylation is 1. The van der Waals surface area contributed by atoms with Gasteiger partial charge in [0.05, 0.1) is 6.20 Å². The van der Waals surface area contributed by atoms with E-state index in [1.54, 1.807) is 19.0 Å². The Kier molecular flexibility index (Phi) is 5.45. The predicted octanol–water partition coefficient (Wildman–Crippen LogP) is 1.11. The van der Waals surface area contributed by atoms with Crippen LogP contribution in [0.25, 0.3) is 0 Å². The van der Waals surface area contributed by atoms with Crippen LogP contribution in [0.4, 0.5) is 8.78 Å². The van der Waals surface area contributed by atoms with Crippen molar-refractivity contribution in [2.24, 2.45) is 7.05 Å². The van der Waals surface area contributed by atoms with Crippen molar-refractivity contribution in [3.8, 4) is 0 Å². The van der Waals surface area contributed by atoms with Crippen molar-refractivity contribution in [2.75, 3.05) is 20.1 Å². The molecule has 1 aromatic carbocycles. The second-order valence-corrected chi connectivity index (χ2v) is 6.99. The molecule has 2 aromatic rings. The molecule has 1 N–H and O–H groups in total. The molecule has 0 spiro atoms. The van der Waals surface area contributed by atoms with Crippen LogP contribution >= 0.6 is 0 Å². The van der Waals surface area contributed by atoms with E-state index in [9.17, 15) is 17.2 Å². The summed E-state index contributed by atoms with van der Waals surface area (Å²) in [6.07, 6.45) is 2.67. The smallest absolute Gasteiger partial charge is 0.243 e. The highest BCUT2D eigenvalue weighted by molar-refractivity contribution is 7.89. The third-order valence-electron chi connectivity index (χ3n) is 3.23. The summed E-state index contributed by atoms with van der Waals surface area (Å²) in [5.74, 6) is -1.24. The van der Waals surface area contributed by atoms with E-state index in [4.69, 9.17) is 0 Å². The highest BCUT2D eigenvalue weighted by Crippen LogP contribution is 2.11. The second kappa shape index (κ2) is 7.16. The minimum Gasteiger partial charge on any atom is -0.301 e. The number of sulfonamides is 1. The Hall–Kier alpha value is -1.84. The maximum atomic E-state index is 13.6. The zero-order valence-corrected chi connectivity index (χ0v) is 13.6. The summed E-state index contributed by atoms with van der Waals surface area (Å²) >= 11 is 0. The highest BCUT2D eigenvalue weighted by atomic mass is 32.2. The fourth-order valence-electron chi connectivity index (χ4n) is 2.01. The van der Waals surface area contributed by atoms with Crippen molar-refractivity contribution in [2.45, 2.75) is 11.4 Å². The second-order valence-electron chi connectivity index (χ2n) is 5.22. The summed E-state index contributed by atoms with van der Waals surface area (Å²) in [4.78, 5) is 1.83. The van der Waals surface area contributed by atoms with Gasteiger partial charge in [-0.05, 0) is 13.1 Å². The SMILES string of the molecule is CN(CCNS(=O)(=O)c1cnn(C)c1)Cc1ccc(F)cc1F. The van der Waals surface area contributed by atoms with Crippen molar-refractivity contribution >= 4 is 10.0 Å². The van der Waals surface area contributed by atoms with E-state index < -0.39 is 21.7 Å². The van der Waals surface area contributed by atoms with Gasteiger partial charge in [0.2, 0.25) is 10.0 Å². The Labute approximate surface area is 133 Å². The third kappa shape index (κ3) is 4.81. The van der Waals surface area contributed by atoms with Crippen LogP contribution in [0.15, 0.2) is 35.5 Å². The molecule has 0 aliphatic heterocycles. The Morgan fingerprint density at radius 2 is 2.09 bits per heavy atom. The molecule has 0 bridgehead atoms. The zero-order chi connectivity index (χ0) is 17.0. The molecular formula is C14H18F2N4O2S. The molecule has 0 saturated heterocycles. The van der Waals surface area contributed by atoms with Gasteiger partial charge in [-0.1, -0.05) is 6.07 Å². The predicted molar refractivity (Wildman–Crippen MR) is 81.1 cm³/mol. The topological polar surface area (TPSA) is 67.2 Å². The molecule has 0 fully saturated rings. The van der Waals surface area contributed by atoms with Gasteiger partial charge in [0, 0.05) is 44.5 Å². The molecular weight excluding hydrogens is 326 g/mol. The molecule has 0 saturated carbocycles. The number of nitrogens with zero attached hydrogens (tertiary/aromatic N) is 3. The van der Waals surface area contributed by atoms with Crippen LogP contribution in [-0.2, 0) is 23.6 Å². The normalized spacial score (nSPS) is 12.0. The van der Waals surface area contributed by atoms with Gasteiger partial charge < -0.3 is 4.90 Å². The number of hydrogen-bond acceptors (Lipinski definition) is 4. The number of halogens is 2. The molecule has 1 aromatic heterocycles. The van der Waals surface area contributed by atoms with Crippen LogP contribution in [0.2, 0.25) is 0 Å². The Morgan fingerprint density at radius 1 is 1.35 bits per heavy atom. The Morgan fingerprint density at radius 3 is 2.70 bits per heavy atom. The fourth-order valence-corrected chi connectivity index (χ4v) is 3.02. The van der Waals surface area contributed by atoms with Gasteiger partial charge in [-0.2, -0.15) is 5.10 Å². The molecule has 23 heavy (non-hydrogen) atoms. The first kappa shape index (κ1) is 17.5. The molecule has 2 rings (SSSR count). The maximum absolute atomic E-state index is 13.6. The third-order valence-corrected chi connectivity index (χ3v) is 4.65. The number of nitrogens with one attached hydrogen (secondary N) is 1. The van der Waals surface area contributed by atoms with Crippen molar-refractivity contribution < 1.29 is 17.2 Å². The molecule has 6 nitrogen and oxygen atoms in total. The van der Waals surface area contributed by atoms with Gasteiger partial charge in [0.25, 0.3) is 0 Å². The van der Waals surface area contributed by atoms with Crippen LogP contribution in [0, 0.1) is 11.6 Å². The standard InChI is InChI=1S/C14H18F2N4O2S/c1-19(9-11-3-4-12(15)7-14(11)16)6-5-18-23(21,22)13-8-17-20(2)10-13/h3-4,7-8,10,18H,5-6,9H2,1-2H3. The molecule has 126 valence electrons. The van der Waals surface area contributed by atoms with E-state index in [1.165, 1.54) is 29.2 Å². The molecule has 0 unspecified atom stereocenters. The summed E-state index contributed by atoms with van der Waals surface area (Å²) in [6, 6.07) is 3.40. The minimum atomic E-state index is -3.61. The lowest BCUT2D eigenvalue weighted by Crippen LogP contribution is -2.32. The lowest BCUT2D eigenvalue weighted by Gasteiger charge is -2.17. The van der Waals surface area contributed by atoms with E-state index in [0.29, 0.717) is 12.1 Å². The lowest BCUT2D eigenvalue weighted by atomic mass is 10.2. The molecule has 0 radical (unpaired) electrons. The summed E-state index contributed by atoms with van der Waals surface area (Å²) in [5.41, 5.74) is 0.351. The van der Waals surface area contributed by atoms with Gasteiger partial charge in [0.1, 0.15) is 16.5 Å². The van der Waals surface area contributed by atoms with Gasteiger partial charge in [0.15, 0.2) is 0 Å². The first-order valence-corrected chi connectivity index (χ1v) is 8.37. The van der Waals surface area contributed by atoms with Crippen LogP contribution in [0.1, 0.15) is 5.56 Å². The number of likely N-dealkylation sites (N-methyl/N-ethyl adjacent to an activating group) is 1. The van der Waals surface area contributed by atoms with Crippen LogP contribution in [0.5, 0.6) is 0 Å². The first-order valence-electron chi connectivity index (χ1n) is 6.89. The monoisotopic (exact) mass is 344 g/mol. The van der Waals surface area contributed by atoms with Gasteiger partial charge in [-0.25, -0.2) is 21.9 Å². The highest BCUT2D eigenvalue weighted by Gasteiger charge is 2.15. The largest absolute Gasteiger partial charge is 0.301 e. The molecule has 9 heteroatoms. The summed E-state index contributed by atoms with van der Waals surface area (Å²) in [5, 5.41) is 3.81. The zero-order valence-electron chi connectivity index (χ0n) is 12.8. The van der Waals surface area contributed by atoms with E-state index in [0.717, 1.165) is 6.07 Å². The van der Waals surface area contributed by atoms with Crippen LogP contribution < -0.4 is 4.72 Å². The molecule has 1 heterocycles. The molecule has 0 aliphatic carbocycles. The molecule has 0 amide bonds. The van der Waals surface area contributed by atoms with Gasteiger partial charge in [-0.3, -0.25) is 4.68 Å². The van der Waals surface area contributed by atoms with Crippen LogP contribution in [-0.4, -0.2) is 43.2 Å². The minimum absolute atomic E-state index is 0.0900. The quantitative estimate of drug-likeness (QED) is 0.817. The summed E-state index contributed by atoms with van der Waals surface area (Å²) in [7, 11) is -0.253. The van der Waals surface area contributed by atoms with Crippen molar-refractivity contribution in [1.82, 2.24) is 19.4 Å². The van der Waals surface area contributed by atoms with Crippen molar-refractivity contribution in [3.63, 3.8) is 0 Å². The average molecular weight is 344 g/mol. The number of rotatable bonds is 7. The molecule has 0 aliphatic rings. The number of benzene rings is 1. The van der Waals surface area contributed by atoms with Gasteiger partial charge >= 0.3 is 0 Å². The number of aromatic nitrogens is 2.